The summed E-state index contributed by atoms with van der Waals surface area (Å²) in [7, 11) is 0. The zero-order chi connectivity index (χ0) is 12.4. The minimum Gasteiger partial charge on any atom is -0.378 e. The number of hydrogen-bond acceptors (Lipinski definition) is 3. The third-order valence-electron chi connectivity index (χ3n) is 4.88. The molecule has 3 saturated heterocycles. The van der Waals surface area contributed by atoms with Crippen molar-refractivity contribution in [1.29, 1.82) is 0 Å². The fourth-order valence-corrected chi connectivity index (χ4v) is 3.64. The molecule has 110 valence electrons. The van der Waals surface area contributed by atoms with Gasteiger partial charge in [0.05, 0.1) is 12.5 Å². The Kier molecular flexibility index (Phi) is 5.09. The van der Waals surface area contributed by atoms with E-state index >= 15 is 0 Å². The normalized spacial score (nSPS) is 29.5. The lowest BCUT2D eigenvalue weighted by Gasteiger charge is -2.33. The van der Waals surface area contributed by atoms with E-state index in [0.717, 1.165) is 45.6 Å². The van der Waals surface area contributed by atoms with Crippen LogP contribution in [0.15, 0.2) is 0 Å². The van der Waals surface area contributed by atoms with E-state index in [2.05, 4.69) is 10.2 Å². The Morgan fingerprint density at radius 3 is 2.79 bits per heavy atom. The molecule has 3 fully saturated rings. The third-order valence-corrected chi connectivity index (χ3v) is 4.88. The zero-order valence-corrected chi connectivity index (χ0v) is 12.3. The number of likely N-dealkylation sites (tertiary alicyclic amines) is 1. The first-order valence-electron chi connectivity index (χ1n) is 7.38. The molecule has 1 spiro atoms. The van der Waals surface area contributed by atoms with Crippen molar-refractivity contribution in [2.24, 2.45) is 5.41 Å². The van der Waals surface area contributed by atoms with Gasteiger partial charge in [0.2, 0.25) is 5.91 Å². The number of rotatable bonds is 2. The molecule has 1 amide bonds. The summed E-state index contributed by atoms with van der Waals surface area (Å²) in [5.74, 6) is 0.317. The lowest BCUT2D eigenvalue weighted by atomic mass is 9.78. The fourth-order valence-electron chi connectivity index (χ4n) is 3.64. The summed E-state index contributed by atoms with van der Waals surface area (Å²) in [5.41, 5.74) is 0.428. The standard InChI is InChI=1S/C14H24N2O2.ClH/c17-13(10-12-2-1-9-18-12)16-8-5-14(11-16)3-6-15-7-4-14;/h12,15H,1-11H2;1H. The molecule has 0 bridgehead atoms. The zero-order valence-electron chi connectivity index (χ0n) is 11.5. The molecule has 0 aromatic carbocycles. The first kappa shape index (κ1) is 15.1. The van der Waals surface area contributed by atoms with Crippen LogP contribution in [0.4, 0.5) is 0 Å². The number of carbonyl (C=O) groups excluding carboxylic acids is 1. The average molecular weight is 289 g/mol. The minimum atomic E-state index is 0. The highest BCUT2D eigenvalue weighted by Crippen LogP contribution is 2.38. The van der Waals surface area contributed by atoms with E-state index in [1.807, 2.05) is 0 Å². The van der Waals surface area contributed by atoms with Crippen LogP contribution < -0.4 is 5.32 Å². The Morgan fingerprint density at radius 1 is 1.32 bits per heavy atom. The maximum Gasteiger partial charge on any atom is 0.225 e. The van der Waals surface area contributed by atoms with Crippen molar-refractivity contribution in [3.05, 3.63) is 0 Å². The minimum absolute atomic E-state index is 0. The Bertz CT molecular complexity index is 313. The number of carbonyl (C=O) groups is 1. The van der Waals surface area contributed by atoms with Crippen LogP contribution in [0, 0.1) is 5.41 Å². The van der Waals surface area contributed by atoms with Crippen LogP contribution in [0.25, 0.3) is 0 Å². The van der Waals surface area contributed by atoms with Gasteiger partial charge in [-0.2, -0.15) is 0 Å². The molecule has 3 rings (SSSR count). The van der Waals surface area contributed by atoms with Gasteiger partial charge in [-0.25, -0.2) is 0 Å². The van der Waals surface area contributed by atoms with Crippen molar-refractivity contribution in [1.82, 2.24) is 10.2 Å². The Balaban J connectivity index is 0.00000133. The highest BCUT2D eigenvalue weighted by Gasteiger charge is 2.40. The first-order chi connectivity index (χ1) is 8.77. The molecule has 1 atom stereocenters. The van der Waals surface area contributed by atoms with Crippen LogP contribution >= 0.6 is 12.4 Å². The number of hydrogen-bond donors (Lipinski definition) is 1. The third kappa shape index (κ3) is 3.41. The Morgan fingerprint density at radius 2 is 2.11 bits per heavy atom. The van der Waals surface area contributed by atoms with Gasteiger partial charge in [-0.15, -0.1) is 12.4 Å². The van der Waals surface area contributed by atoms with E-state index < -0.39 is 0 Å². The summed E-state index contributed by atoms with van der Waals surface area (Å²) >= 11 is 0. The van der Waals surface area contributed by atoms with Crippen LogP contribution in [0.5, 0.6) is 0 Å². The molecule has 0 aliphatic carbocycles. The fraction of sp³-hybridized carbons (Fsp3) is 0.929. The maximum absolute atomic E-state index is 12.3. The average Bonchev–Trinajstić information content (AvgIpc) is 3.01. The van der Waals surface area contributed by atoms with Gasteiger partial charge in [-0.05, 0) is 50.6 Å². The second-order valence-corrected chi connectivity index (χ2v) is 6.15. The summed E-state index contributed by atoms with van der Waals surface area (Å²) < 4.78 is 5.56. The Labute approximate surface area is 121 Å². The second-order valence-electron chi connectivity index (χ2n) is 6.15. The predicted molar refractivity (Wildman–Crippen MR) is 76.6 cm³/mol. The number of nitrogens with zero attached hydrogens (tertiary/aromatic N) is 1. The van der Waals surface area contributed by atoms with E-state index in [1.165, 1.54) is 19.3 Å². The monoisotopic (exact) mass is 288 g/mol. The van der Waals surface area contributed by atoms with Crippen molar-refractivity contribution >= 4 is 18.3 Å². The summed E-state index contributed by atoms with van der Waals surface area (Å²) in [4.78, 5) is 14.3. The van der Waals surface area contributed by atoms with Crippen LogP contribution in [0.1, 0.15) is 38.5 Å². The van der Waals surface area contributed by atoms with E-state index in [4.69, 9.17) is 4.74 Å². The number of ether oxygens (including phenoxy) is 1. The lowest BCUT2D eigenvalue weighted by Crippen LogP contribution is -2.40. The van der Waals surface area contributed by atoms with E-state index in [1.54, 1.807) is 0 Å². The summed E-state index contributed by atoms with van der Waals surface area (Å²) in [6.45, 7) is 5.03. The van der Waals surface area contributed by atoms with Gasteiger partial charge in [0.1, 0.15) is 0 Å². The quantitative estimate of drug-likeness (QED) is 0.839. The molecule has 0 saturated carbocycles. The Hall–Kier alpha value is -0.320. The highest BCUT2D eigenvalue weighted by atomic mass is 35.5. The van der Waals surface area contributed by atoms with Gasteiger partial charge in [0.25, 0.3) is 0 Å². The van der Waals surface area contributed by atoms with Crippen LogP contribution in [-0.4, -0.2) is 49.7 Å². The smallest absolute Gasteiger partial charge is 0.225 e. The van der Waals surface area contributed by atoms with Crippen molar-refractivity contribution in [2.45, 2.75) is 44.6 Å². The summed E-state index contributed by atoms with van der Waals surface area (Å²) in [6, 6.07) is 0. The number of nitrogens with one attached hydrogen (secondary N) is 1. The largest absolute Gasteiger partial charge is 0.378 e. The highest BCUT2D eigenvalue weighted by molar-refractivity contribution is 5.85. The number of halogens is 1. The molecule has 1 N–H and O–H groups in total. The van der Waals surface area contributed by atoms with Crippen LogP contribution in [0.2, 0.25) is 0 Å². The molecule has 0 aromatic rings. The summed E-state index contributed by atoms with van der Waals surface area (Å²) in [5, 5.41) is 3.42. The predicted octanol–water partition coefficient (Wildman–Crippen LogP) is 1.58. The van der Waals surface area contributed by atoms with Gasteiger partial charge < -0.3 is 15.0 Å². The van der Waals surface area contributed by atoms with Crippen molar-refractivity contribution < 1.29 is 9.53 Å². The molecular formula is C14H25ClN2O2. The van der Waals surface area contributed by atoms with Crippen molar-refractivity contribution in [3.63, 3.8) is 0 Å². The second kappa shape index (κ2) is 6.42. The molecule has 1 unspecified atom stereocenters. The SMILES string of the molecule is Cl.O=C(CC1CCCO1)N1CCC2(CCNCC2)C1. The maximum atomic E-state index is 12.3. The molecular weight excluding hydrogens is 264 g/mol. The molecule has 4 nitrogen and oxygen atoms in total. The van der Waals surface area contributed by atoms with E-state index in [0.29, 0.717) is 17.7 Å². The van der Waals surface area contributed by atoms with E-state index in [9.17, 15) is 4.79 Å². The molecule has 0 radical (unpaired) electrons. The molecule has 0 aromatic heterocycles. The van der Waals surface area contributed by atoms with Gasteiger partial charge >= 0.3 is 0 Å². The number of amides is 1. The lowest BCUT2D eigenvalue weighted by molar-refractivity contribution is -0.132. The molecule has 19 heavy (non-hydrogen) atoms. The number of piperidine rings is 1. The van der Waals surface area contributed by atoms with Crippen LogP contribution in [-0.2, 0) is 9.53 Å². The van der Waals surface area contributed by atoms with Crippen molar-refractivity contribution in [2.75, 3.05) is 32.8 Å². The van der Waals surface area contributed by atoms with E-state index in [-0.39, 0.29) is 18.5 Å². The molecule has 3 aliphatic heterocycles. The summed E-state index contributed by atoms with van der Waals surface area (Å²) in [6.07, 6.45) is 6.65. The molecule has 5 heteroatoms. The van der Waals surface area contributed by atoms with Crippen LogP contribution in [0.3, 0.4) is 0 Å². The molecule has 3 heterocycles. The first-order valence-corrected chi connectivity index (χ1v) is 7.38. The molecule has 3 aliphatic rings. The van der Waals surface area contributed by atoms with Gasteiger partial charge in [0, 0.05) is 19.7 Å². The van der Waals surface area contributed by atoms with Crippen molar-refractivity contribution in [3.8, 4) is 0 Å². The van der Waals surface area contributed by atoms with Gasteiger partial charge in [-0.3, -0.25) is 4.79 Å². The van der Waals surface area contributed by atoms with Gasteiger partial charge in [0.15, 0.2) is 0 Å². The van der Waals surface area contributed by atoms with Gasteiger partial charge in [-0.1, -0.05) is 0 Å². The topological polar surface area (TPSA) is 41.6 Å².